The normalized spacial score (nSPS) is 21.2. The summed E-state index contributed by atoms with van der Waals surface area (Å²) in [6.07, 6.45) is 4.97. The maximum absolute atomic E-state index is 13.9. The molecular formula is C48H62N10O8. The molecule has 0 spiro atoms. The number of benzene rings is 2. The molecule has 2 aliphatic heterocycles. The van der Waals surface area contributed by atoms with E-state index >= 15 is 0 Å². The van der Waals surface area contributed by atoms with E-state index in [2.05, 4.69) is 46.9 Å². The first-order chi connectivity index (χ1) is 31.4. The molecule has 4 heterocycles. The van der Waals surface area contributed by atoms with Gasteiger partial charge in [-0.3, -0.25) is 24.3 Å². The number of hydrogen-bond donors (Lipinski definition) is 5. The highest BCUT2D eigenvalue weighted by atomic mass is 16.6. The predicted octanol–water partition coefficient (Wildman–Crippen LogP) is 6.13. The molecule has 3 unspecified atom stereocenters. The maximum Gasteiger partial charge on any atom is 0.410 e. The summed E-state index contributed by atoms with van der Waals surface area (Å²) in [4.78, 5) is 72.8. The molecule has 0 radical (unpaired) electrons. The van der Waals surface area contributed by atoms with Crippen LogP contribution in [-0.4, -0.2) is 116 Å². The van der Waals surface area contributed by atoms with Crippen LogP contribution in [0, 0.1) is 18.8 Å². The lowest BCUT2D eigenvalue weighted by Gasteiger charge is -2.48. The number of aromatic nitrogens is 5. The number of rotatable bonds is 12. The van der Waals surface area contributed by atoms with Crippen molar-refractivity contribution in [1.82, 2.24) is 46.5 Å². The molecule has 18 heteroatoms. The van der Waals surface area contributed by atoms with Crippen molar-refractivity contribution in [1.29, 1.82) is 0 Å². The van der Waals surface area contributed by atoms with E-state index in [9.17, 15) is 24.0 Å². The van der Waals surface area contributed by atoms with Gasteiger partial charge in [-0.2, -0.15) is 5.21 Å². The molecule has 66 heavy (non-hydrogen) atoms. The summed E-state index contributed by atoms with van der Waals surface area (Å²) in [6.45, 7) is 14.2. The van der Waals surface area contributed by atoms with Gasteiger partial charge in [0.2, 0.25) is 17.6 Å². The number of anilines is 1. The van der Waals surface area contributed by atoms with Gasteiger partial charge >= 0.3 is 12.2 Å². The number of aromatic amines is 1. The molecule has 2 saturated heterocycles. The summed E-state index contributed by atoms with van der Waals surface area (Å²) in [5.41, 5.74) is 3.77. The standard InChI is InChI=1S/C48H62N10O8/c1-28-20-39(43(60)52-35-22-36-26-64-27-37(23-35)58(36)46(63)66-48(5,6)7)49-25-38(28)31-12-8-29(9-13-31)21-40(44(61)51-34-18-16-32(17-19-34)41-54-56-57-55-41)53-42(59)33-14-10-30(11-15-33)24-50-45(62)65-47(2,3)4/h8-9,12-13,16-20,25,30,33,35-37,40H,10-11,14-15,21-24,26-27H2,1-7H3,(H,50,62)(H,51,61)(H,52,60)(H,53,59)(H,54,55,56,57). The average molecular weight is 907 g/mol. The number of carbonyl (C=O) groups is 5. The van der Waals surface area contributed by atoms with E-state index in [1.165, 1.54) is 0 Å². The van der Waals surface area contributed by atoms with Gasteiger partial charge in [0.25, 0.3) is 5.91 Å². The first kappa shape index (κ1) is 47.5. The molecule has 2 aromatic heterocycles. The maximum atomic E-state index is 13.9. The quantitative estimate of drug-likeness (QED) is 0.108. The van der Waals surface area contributed by atoms with E-state index in [0.717, 1.165) is 40.7 Å². The van der Waals surface area contributed by atoms with Crippen molar-refractivity contribution in [2.45, 2.75) is 129 Å². The van der Waals surface area contributed by atoms with Crippen LogP contribution in [-0.2, 0) is 30.2 Å². The molecule has 3 atom stereocenters. The Morgan fingerprint density at radius 2 is 1.52 bits per heavy atom. The van der Waals surface area contributed by atoms with Gasteiger partial charge in [-0.05, 0) is 145 Å². The van der Waals surface area contributed by atoms with Crippen molar-refractivity contribution in [2.75, 3.05) is 25.1 Å². The lowest BCUT2D eigenvalue weighted by molar-refractivity contribution is -0.130. The number of fused-ring (bicyclic) bond motifs is 2. The number of morpholine rings is 1. The van der Waals surface area contributed by atoms with Crippen molar-refractivity contribution in [3.8, 4) is 22.5 Å². The third kappa shape index (κ3) is 12.7. The van der Waals surface area contributed by atoms with Crippen molar-refractivity contribution in [3.63, 3.8) is 0 Å². The number of ether oxygens (including phenoxy) is 3. The van der Waals surface area contributed by atoms with Crippen LogP contribution >= 0.6 is 0 Å². The lowest BCUT2D eigenvalue weighted by atomic mass is 9.81. The zero-order valence-corrected chi connectivity index (χ0v) is 38.8. The smallest absolute Gasteiger partial charge is 0.410 e. The molecule has 1 aliphatic carbocycles. The number of nitrogens with zero attached hydrogens (tertiary/aromatic N) is 5. The molecule has 2 bridgehead atoms. The van der Waals surface area contributed by atoms with Gasteiger partial charge in [0.15, 0.2) is 0 Å². The number of alkyl carbamates (subject to hydrolysis) is 1. The largest absolute Gasteiger partial charge is 0.444 e. The van der Waals surface area contributed by atoms with Gasteiger partial charge in [-0.15, -0.1) is 10.2 Å². The number of nitrogens with one attached hydrogen (secondary N) is 5. The molecule has 3 aliphatic rings. The minimum Gasteiger partial charge on any atom is -0.444 e. The summed E-state index contributed by atoms with van der Waals surface area (Å²) >= 11 is 0. The van der Waals surface area contributed by atoms with Crippen LogP contribution in [0.2, 0.25) is 0 Å². The highest BCUT2D eigenvalue weighted by Crippen LogP contribution is 2.32. The summed E-state index contributed by atoms with van der Waals surface area (Å²) in [5.74, 6) is -0.471. The molecule has 1 saturated carbocycles. The van der Waals surface area contributed by atoms with Crippen LogP contribution < -0.4 is 21.3 Å². The number of aryl methyl sites for hydroxylation is 1. The van der Waals surface area contributed by atoms with Crippen LogP contribution in [0.15, 0.2) is 60.8 Å². The Morgan fingerprint density at radius 3 is 2.12 bits per heavy atom. The van der Waals surface area contributed by atoms with Crippen LogP contribution in [0.4, 0.5) is 15.3 Å². The van der Waals surface area contributed by atoms with E-state index in [1.807, 2.05) is 72.7 Å². The highest BCUT2D eigenvalue weighted by molar-refractivity contribution is 5.98. The van der Waals surface area contributed by atoms with Gasteiger partial charge in [0, 0.05) is 47.9 Å². The first-order valence-electron chi connectivity index (χ1n) is 22.8. The molecule has 352 valence electrons. The fraction of sp³-hybridized carbons (Fsp3) is 0.521. The third-order valence-corrected chi connectivity index (χ3v) is 12.0. The first-order valence-corrected chi connectivity index (χ1v) is 22.8. The topological polar surface area (TPSA) is 232 Å². The van der Waals surface area contributed by atoms with Crippen LogP contribution in [0.1, 0.15) is 102 Å². The molecular weight excluding hydrogens is 845 g/mol. The van der Waals surface area contributed by atoms with Crippen molar-refractivity contribution < 1.29 is 38.2 Å². The predicted molar refractivity (Wildman–Crippen MR) is 245 cm³/mol. The molecule has 5 N–H and O–H groups in total. The second-order valence-electron chi connectivity index (χ2n) is 19.6. The lowest BCUT2D eigenvalue weighted by Crippen LogP contribution is -2.63. The van der Waals surface area contributed by atoms with Crippen molar-refractivity contribution in [3.05, 3.63) is 77.6 Å². The number of amides is 5. The van der Waals surface area contributed by atoms with Gasteiger partial charge < -0.3 is 35.5 Å². The Morgan fingerprint density at radius 1 is 0.864 bits per heavy atom. The number of hydrogen-bond acceptors (Lipinski definition) is 12. The number of H-pyrrole nitrogens is 1. The van der Waals surface area contributed by atoms with Crippen LogP contribution in [0.25, 0.3) is 22.5 Å². The summed E-state index contributed by atoms with van der Waals surface area (Å²) in [7, 11) is 0. The number of pyridine rings is 1. The second kappa shape index (κ2) is 20.4. The van der Waals surface area contributed by atoms with Crippen molar-refractivity contribution in [2.24, 2.45) is 11.8 Å². The highest BCUT2D eigenvalue weighted by Gasteiger charge is 2.44. The molecule has 7 rings (SSSR count). The van der Waals surface area contributed by atoms with E-state index in [-0.39, 0.29) is 60.2 Å². The fourth-order valence-corrected chi connectivity index (χ4v) is 8.83. The minimum atomic E-state index is -0.885. The van der Waals surface area contributed by atoms with Gasteiger partial charge in [-0.1, -0.05) is 24.3 Å². The third-order valence-electron chi connectivity index (χ3n) is 12.0. The van der Waals surface area contributed by atoms with Gasteiger partial charge in [0.05, 0.1) is 25.3 Å². The van der Waals surface area contributed by atoms with Crippen LogP contribution in [0.5, 0.6) is 0 Å². The monoisotopic (exact) mass is 906 g/mol. The Bertz CT molecular complexity index is 2320. The van der Waals surface area contributed by atoms with E-state index in [4.69, 9.17) is 14.2 Å². The second-order valence-corrected chi connectivity index (χ2v) is 19.6. The Labute approximate surface area is 385 Å². The molecule has 5 amide bonds. The average Bonchev–Trinajstić information content (AvgIpc) is 3.80. The number of carbonyl (C=O) groups excluding carboxylic acids is 5. The minimum absolute atomic E-state index is 0.154. The molecule has 4 aromatic rings. The Hall–Kier alpha value is -6.43. The number of tetrazole rings is 1. The zero-order valence-electron chi connectivity index (χ0n) is 38.8. The summed E-state index contributed by atoms with van der Waals surface area (Å²) in [6, 6.07) is 15.1. The molecule has 3 fully saturated rings. The van der Waals surface area contributed by atoms with E-state index < -0.39 is 23.3 Å². The summed E-state index contributed by atoms with van der Waals surface area (Å²) in [5, 5.41) is 26.1. The number of piperidine rings is 1. The molecule has 18 nitrogen and oxygen atoms in total. The fourth-order valence-electron chi connectivity index (χ4n) is 8.83. The van der Waals surface area contributed by atoms with E-state index in [1.54, 1.807) is 41.4 Å². The molecule has 2 aromatic carbocycles. The summed E-state index contributed by atoms with van der Waals surface area (Å²) < 4.78 is 16.8. The Balaban J connectivity index is 0.978. The SMILES string of the molecule is Cc1cc(C(=O)NC2CC3COCC(C2)N3C(=O)OC(C)(C)C)ncc1-c1ccc(CC(NC(=O)C2CCC(CNC(=O)OC(C)(C)C)CC2)C(=O)Nc2ccc(-c3nn[nH]n3)cc2)cc1. The van der Waals surface area contributed by atoms with Crippen LogP contribution in [0.3, 0.4) is 0 Å². The van der Waals surface area contributed by atoms with Gasteiger partial charge in [0.1, 0.15) is 22.9 Å². The zero-order chi connectivity index (χ0) is 47.2. The van der Waals surface area contributed by atoms with Crippen molar-refractivity contribution >= 4 is 35.6 Å². The van der Waals surface area contributed by atoms with E-state index in [0.29, 0.717) is 62.6 Å². The van der Waals surface area contributed by atoms with Gasteiger partial charge in [-0.25, -0.2) is 9.59 Å². The Kier molecular flexibility index (Phi) is 14.7.